The molecule has 0 aliphatic rings. The van der Waals surface area contributed by atoms with E-state index in [1.807, 2.05) is 11.8 Å². The zero-order chi connectivity index (χ0) is 17.3. The molecule has 0 aromatic carbocycles. The van der Waals surface area contributed by atoms with Crippen molar-refractivity contribution < 1.29 is 14.3 Å². The summed E-state index contributed by atoms with van der Waals surface area (Å²) in [7, 11) is 0. The first-order chi connectivity index (χ1) is 11.2. The molecule has 0 heterocycles. The highest BCUT2D eigenvalue weighted by molar-refractivity contribution is 5.81. The van der Waals surface area contributed by atoms with Crippen LogP contribution in [0.2, 0.25) is 0 Å². The number of unbranched alkanes of at least 4 members (excludes halogenated alkanes) is 6. The molecule has 0 fully saturated rings. The quantitative estimate of drug-likeness (QED) is 0.323. The largest absolute Gasteiger partial charge is 0.466 e. The second-order valence-electron chi connectivity index (χ2n) is 6.22. The van der Waals surface area contributed by atoms with Crippen LogP contribution in [0.4, 0.5) is 0 Å². The first-order valence-corrected chi connectivity index (χ1v) is 9.59. The number of carbonyl (C=O) groups is 2. The molecule has 0 aliphatic heterocycles. The first-order valence-electron chi connectivity index (χ1n) is 9.59. The van der Waals surface area contributed by atoms with Crippen LogP contribution in [-0.2, 0) is 14.3 Å². The van der Waals surface area contributed by atoms with Crippen LogP contribution in [0.15, 0.2) is 0 Å². The zero-order valence-corrected chi connectivity index (χ0v) is 15.6. The van der Waals surface area contributed by atoms with Crippen LogP contribution in [0.1, 0.15) is 91.4 Å². The lowest BCUT2D eigenvalue weighted by molar-refractivity contribution is -0.146. The fourth-order valence-corrected chi connectivity index (χ4v) is 2.48. The van der Waals surface area contributed by atoms with E-state index in [0.29, 0.717) is 6.61 Å². The second-order valence-corrected chi connectivity index (χ2v) is 6.22. The summed E-state index contributed by atoms with van der Waals surface area (Å²) in [5, 5.41) is 0. The summed E-state index contributed by atoms with van der Waals surface area (Å²) in [4.78, 5) is 25.9. The van der Waals surface area contributed by atoms with Gasteiger partial charge in [-0.05, 0) is 19.3 Å². The highest BCUT2D eigenvalue weighted by atomic mass is 16.5. The van der Waals surface area contributed by atoms with Gasteiger partial charge in [0.1, 0.15) is 0 Å². The van der Waals surface area contributed by atoms with E-state index in [-0.39, 0.29) is 24.7 Å². The predicted octanol–water partition coefficient (Wildman–Crippen LogP) is 4.71. The van der Waals surface area contributed by atoms with Crippen molar-refractivity contribution >= 4 is 11.9 Å². The summed E-state index contributed by atoms with van der Waals surface area (Å²) < 4.78 is 5.04. The van der Waals surface area contributed by atoms with E-state index in [9.17, 15) is 9.59 Å². The molecule has 0 unspecified atom stereocenters. The average Bonchev–Trinajstić information content (AvgIpc) is 2.56. The molecule has 23 heavy (non-hydrogen) atoms. The minimum absolute atomic E-state index is 0.103. The first kappa shape index (κ1) is 21.9. The van der Waals surface area contributed by atoms with Crippen molar-refractivity contribution in [3.8, 4) is 0 Å². The topological polar surface area (TPSA) is 46.6 Å². The number of rotatable bonds is 15. The summed E-state index contributed by atoms with van der Waals surface area (Å²) in [6, 6.07) is 0. The molecule has 0 rings (SSSR count). The highest BCUT2D eigenvalue weighted by Crippen LogP contribution is 2.08. The lowest BCUT2D eigenvalue weighted by atomic mass is 10.1. The Bertz CT molecular complexity index is 293. The molecule has 0 saturated carbocycles. The van der Waals surface area contributed by atoms with Gasteiger partial charge in [-0.1, -0.05) is 59.3 Å². The van der Waals surface area contributed by atoms with Gasteiger partial charge < -0.3 is 9.64 Å². The molecule has 136 valence electrons. The third kappa shape index (κ3) is 13.1. The van der Waals surface area contributed by atoms with Gasteiger partial charge in [0.2, 0.25) is 5.91 Å². The normalized spacial score (nSPS) is 10.6. The average molecular weight is 328 g/mol. The van der Waals surface area contributed by atoms with Crippen molar-refractivity contribution in [3.05, 3.63) is 0 Å². The monoisotopic (exact) mass is 327 g/mol. The Morgan fingerprint density at radius 2 is 1.30 bits per heavy atom. The Morgan fingerprint density at radius 3 is 1.78 bits per heavy atom. The van der Waals surface area contributed by atoms with E-state index in [0.717, 1.165) is 32.4 Å². The standard InChI is InChI=1S/C19H37NO3/c1-4-7-9-11-15-20(16-12-10-8-5-2)18(21)13-14-19(22)23-17-6-3/h4-17H2,1-3H3. The van der Waals surface area contributed by atoms with E-state index in [1.54, 1.807) is 0 Å². The summed E-state index contributed by atoms with van der Waals surface area (Å²) >= 11 is 0. The SMILES string of the molecule is CCCCCCN(CCCCCC)C(=O)CCC(=O)OCCC. The minimum Gasteiger partial charge on any atom is -0.466 e. The number of ether oxygens (including phenoxy) is 1. The number of amides is 1. The van der Waals surface area contributed by atoms with Crippen molar-refractivity contribution in [2.45, 2.75) is 91.4 Å². The van der Waals surface area contributed by atoms with Crippen LogP contribution < -0.4 is 0 Å². The van der Waals surface area contributed by atoms with E-state index < -0.39 is 0 Å². The molecule has 0 N–H and O–H groups in total. The van der Waals surface area contributed by atoms with E-state index >= 15 is 0 Å². The molecule has 0 aliphatic carbocycles. The highest BCUT2D eigenvalue weighted by Gasteiger charge is 2.15. The van der Waals surface area contributed by atoms with E-state index in [4.69, 9.17) is 4.74 Å². The maximum atomic E-state index is 12.4. The number of hydrogen-bond donors (Lipinski definition) is 0. The summed E-state index contributed by atoms with van der Waals surface area (Å²) in [5.41, 5.74) is 0. The lowest BCUT2D eigenvalue weighted by Crippen LogP contribution is -2.33. The third-order valence-electron chi connectivity index (χ3n) is 3.93. The van der Waals surface area contributed by atoms with Crippen LogP contribution in [0, 0.1) is 0 Å². The second kappa shape index (κ2) is 15.8. The molecule has 4 nitrogen and oxygen atoms in total. The number of nitrogens with zero attached hydrogens (tertiary/aromatic N) is 1. The maximum absolute atomic E-state index is 12.4. The van der Waals surface area contributed by atoms with Crippen molar-refractivity contribution in [1.29, 1.82) is 0 Å². The van der Waals surface area contributed by atoms with Gasteiger partial charge in [-0.25, -0.2) is 0 Å². The fourth-order valence-electron chi connectivity index (χ4n) is 2.48. The Kier molecular flexibility index (Phi) is 15.1. The van der Waals surface area contributed by atoms with Gasteiger partial charge in [-0.2, -0.15) is 0 Å². The van der Waals surface area contributed by atoms with Gasteiger partial charge in [0.25, 0.3) is 0 Å². The zero-order valence-electron chi connectivity index (χ0n) is 15.6. The minimum atomic E-state index is -0.253. The maximum Gasteiger partial charge on any atom is 0.306 e. The summed E-state index contributed by atoms with van der Waals surface area (Å²) in [6.45, 7) is 8.45. The van der Waals surface area contributed by atoms with Crippen LogP contribution in [-0.4, -0.2) is 36.5 Å². The summed E-state index contributed by atoms with van der Waals surface area (Å²) in [6.07, 6.45) is 10.6. The Morgan fingerprint density at radius 1 is 0.739 bits per heavy atom. The molecule has 4 heteroatoms. The van der Waals surface area contributed by atoms with Crippen molar-refractivity contribution in [2.24, 2.45) is 0 Å². The number of carbonyl (C=O) groups excluding carboxylic acids is 2. The predicted molar refractivity (Wildman–Crippen MR) is 95.3 cm³/mol. The Labute approximate surface area is 143 Å². The molecule has 0 aromatic heterocycles. The fraction of sp³-hybridized carbons (Fsp3) is 0.895. The Hall–Kier alpha value is -1.06. The van der Waals surface area contributed by atoms with E-state index in [2.05, 4.69) is 13.8 Å². The summed E-state index contributed by atoms with van der Waals surface area (Å²) in [5.74, 6) is -0.149. The van der Waals surface area contributed by atoms with Gasteiger partial charge in [-0.15, -0.1) is 0 Å². The molecule has 0 spiro atoms. The van der Waals surface area contributed by atoms with Crippen LogP contribution in [0.25, 0.3) is 0 Å². The lowest BCUT2D eigenvalue weighted by Gasteiger charge is -2.23. The van der Waals surface area contributed by atoms with Crippen LogP contribution in [0.3, 0.4) is 0 Å². The van der Waals surface area contributed by atoms with Crippen LogP contribution in [0.5, 0.6) is 0 Å². The van der Waals surface area contributed by atoms with Gasteiger partial charge in [0, 0.05) is 19.5 Å². The van der Waals surface area contributed by atoms with Gasteiger partial charge in [-0.3, -0.25) is 9.59 Å². The molecule has 1 amide bonds. The van der Waals surface area contributed by atoms with E-state index in [1.165, 1.54) is 38.5 Å². The van der Waals surface area contributed by atoms with Gasteiger partial charge in [0.15, 0.2) is 0 Å². The third-order valence-corrected chi connectivity index (χ3v) is 3.93. The number of hydrogen-bond acceptors (Lipinski definition) is 3. The molecule has 0 saturated heterocycles. The molecule has 0 radical (unpaired) electrons. The van der Waals surface area contributed by atoms with Crippen molar-refractivity contribution in [1.82, 2.24) is 4.90 Å². The van der Waals surface area contributed by atoms with Gasteiger partial charge >= 0.3 is 5.97 Å². The molecular formula is C19H37NO3. The smallest absolute Gasteiger partial charge is 0.306 e. The molecule has 0 atom stereocenters. The molecular weight excluding hydrogens is 290 g/mol. The van der Waals surface area contributed by atoms with Gasteiger partial charge in [0.05, 0.1) is 13.0 Å². The van der Waals surface area contributed by atoms with Crippen LogP contribution >= 0.6 is 0 Å². The molecule has 0 aromatic rings. The number of esters is 1. The Balaban J connectivity index is 4.16. The van der Waals surface area contributed by atoms with Crippen molar-refractivity contribution in [3.63, 3.8) is 0 Å². The van der Waals surface area contributed by atoms with Crippen molar-refractivity contribution in [2.75, 3.05) is 19.7 Å². The molecule has 0 bridgehead atoms.